The molecule has 0 radical (unpaired) electrons. The Kier molecular flexibility index (Phi) is 5.10. The number of fused-ring (bicyclic) bond motifs is 1. The van der Waals surface area contributed by atoms with E-state index < -0.39 is 0 Å². The van der Waals surface area contributed by atoms with Gasteiger partial charge in [0.05, 0.1) is 13.2 Å². The molecule has 150 valence electrons. The molecular weight excluding hydrogens is 376 g/mol. The van der Waals surface area contributed by atoms with Gasteiger partial charge < -0.3 is 0 Å². The number of hydrogen-bond donors (Lipinski definition) is 0. The summed E-state index contributed by atoms with van der Waals surface area (Å²) in [6, 6.07) is 19.9. The first-order valence-electron chi connectivity index (χ1n) is 10.7. The second-order valence-corrected chi connectivity index (χ2v) is 8.86. The van der Waals surface area contributed by atoms with Gasteiger partial charge in [-0.25, -0.2) is 4.68 Å². The van der Waals surface area contributed by atoms with Crippen LogP contribution in [0.15, 0.2) is 54.6 Å². The van der Waals surface area contributed by atoms with Crippen LogP contribution in [-0.4, -0.2) is 26.3 Å². The molecule has 1 unspecified atom stereocenters. The molecule has 2 aromatic carbocycles. The Balaban J connectivity index is 1.42. The molecule has 2 aliphatic carbocycles. The summed E-state index contributed by atoms with van der Waals surface area (Å²) in [6.45, 7) is 1.54. The van der Waals surface area contributed by atoms with E-state index >= 15 is 0 Å². The minimum Gasteiger partial charge on any atom is -0.299 e. The zero-order valence-electron chi connectivity index (χ0n) is 17.0. The molecule has 1 heterocycles. The molecule has 0 aliphatic heterocycles. The number of aromatic nitrogens is 3. The van der Waals surface area contributed by atoms with Crippen LogP contribution in [0.5, 0.6) is 0 Å². The average molecular weight is 405 g/mol. The monoisotopic (exact) mass is 404 g/mol. The van der Waals surface area contributed by atoms with Crippen molar-refractivity contribution in [3.8, 4) is 0 Å². The highest BCUT2D eigenvalue weighted by Crippen LogP contribution is 2.39. The van der Waals surface area contributed by atoms with Crippen LogP contribution in [0.1, 0.15) is 60.2 Å². The zero-order valence-corrected chi connectivity index (χ0v) is 17.8. The summed E-state index contributed by atoms with van der Waals surface area (Å²) < 4.78 is 5.14. The fourth-order valence-corrected chi connectivity index (χ4v) is 4.86. The van der Waals surface area contributed by atoms with Crippen LogP contribution in [0.2, 0.25) is 0 Å². The van der Waals surface area contributed by atoms with Gasteiger partial charge in [0.1, 0.15) is 5.82 Å². The van der Waals surface area contributed by atoms with E-state index in [4.69, 9.17) is 17.3 Å². The first-order valence-corrected chi connectivity index (χ1v) is 11.1. The third-order valence-electron chi connectivity index (χ3n) is 6.30. The lowest BCUT2D eigenvalue weighted by molar-refractivity contribution is 0.165. The van der Waals surface area contributed by atoms with Gasteiger partial charge in [0.2, 0.25) is 0 Å². The van der Waals surface area contributed by atoms with Gasteiger partial charge in [0, 0.05) is 12.0 Å². The predicted molar refractivity (Wildman–Crippen MR) is 118 cm³/mol. The van der Waals surface area contributed by atoms with Crippen molar-refractivity contribution in [3.63, 3.8) is 0 Å². The van der Waals surface area contributed by atoms with Crippen molar-refractivity contribution >= 4 is 12.2 Å². The van der Waals surface area contributed by atoms with E-state index in [0.717, 1.165) is 23.8 Å². The van der Waals surface area contributed by atoms with Gasteiger partial charge in [0.25, 0.3) is 0 Å². The maximum atomic E-state index is 5.89. The van der Waals surface area contributed by atoms with E-state index in [0.29, 0.717) is 12.0 Å². The van der Waals surface area contributed by atoms with Crippen molar-refractivity contribution < 1.29 is 0 Å². The number of hydrogen-bond acceptors (Lipinski definition) is 3. The minimum atomic E-state index is 0.436. The van der Waals surface area contributed by atoms with Gasteiger partial charge in [-0.15, -0.1) is 0 Å². The molecule has 0 bridgehead atoms. The molecule has 5 heteroatoms. The van der Waals surface area contributed by atoms with E-state index in [1.165, 1.54) is 48.8 Å². The second-order valence-electron chi connectivity index (χ2n) is 8.49. The van der Waals surface area contributed by atoms with Crippen molar-refractivity contribution in [2.45, 2.75) is 57.3 Å². The molecule has 0 amide bonds. The largest absolute Gasteiger partial charge is 0.299 e. The third-order valence-corrected chi connectivity index (χ3v) is 6.74. The highest BCUT2D eigenvalue weighted by molar-refractivity contribution is 7.71. The van der Waals surface area contributed by atoms with Gasteiger partial charge in [-0.3, -0.25) is 9.47 Å². The van der Waals surface area contributed by atoms with Gasteiger partial charge in [0.15, 0.2) is 4.77 Å². The summed E-state index contributed by atoms with van der Waals surface area (Å²) in [5, 5.41) is 4.99. The predicted octanol–water partition coefficient (Wildman–Crippen LogP) is 5.31. The van der Waals surface area contributed by atoms with E-state index in [9.17, 15) is 0 Å². The van der Waals surface area contributed by atoms with Crippen molar-refractivity contribution in [3.05, 3.63) is 81.9 Å². The minimum absolute atomic E-state index is 0.436. The van der Waals surface area contributed by atoms with Gasteiger partial charge >= 0.3 is 0 Å². The maximum absolute atomic E-state index is 5.89. The van der Waals surface area contributed by atoms with Crippen molar-refractivity contribution in [1.29, 1.82) is 0 Å². The summed E-state index contributed by atoms with van der Waals surface area (Å²) in [5.74, 6) is 1.73. The Morgan fingerprint density at radius 1 is 1.03 bits per heavy atom. The molecule has 29 heavy (non-hydrogen) atoms. The van der Waals surface area contributed by atoms with Crippen molar-refractivity contribution in [2.24, 2.45) is 0 Å². The van der Waals surface area contributed by atoms with Gasteiger partial charge in [-0.1, -0.05) is 54.6 Å². The van der Waals surface area contributed by atoms with Crippen LogP contribution < -0.4 is 0 Å². The normalized spacial score (nSPS) is 18.8. The first-order chi connectivity index (χ1) is 14.2. The SMILES string of the molecule is CN(Cn1nc(C2CC2)n(Cc2ccccc2)c1=S)C1CCCc2ccccc21. The molecule has 1 fully saturated rings. The Morgan fingerprint density at radius 2 is 1.79 bits per heavy atom. The van der Waals surface area contributed by atoms with Crippen LogP contribution >= 0.6 is 12.2 Å². The maximum Gasteiger partial charge on any atom is 0.199 e. The summed E-state index contributed by atoms with van der Waals surface area (Å²) in [4.78, 5) is 2.42. The molecule has 3 aromatic rings. The number of rotatable bonds is 6. The molecule has 1 aromatic heterocycles. The quantitative estimate of drug-likeness (QED) is 0.521. The lowest BCUT2D eigenvalue weighted by atomic mass is 9.87. The van der Waals surface area contributed by atoms with Crippen LogP contribution in [-0.2, 0) is 19.6 Å². The van der Waals surface area contributed by atoms with Crippen LogP contribution in [0, 0.1) is 4.77 Å². The summed E-state index contributed by atoms with van der Waals surface area (Å²) in [7, 11) is 2.21. The smallest absolute Gasteiger partial charge is 0.199 e. The molecule has 0 saturated heterocycles. The molecule has 0 spiro atoms. The molecule has 1 atom stereocenters. The lowest BCUT2D eigenvalue weighted by Crippen LogP contribution is -2.30. The first kappa shape index (κ1) is 18.8. The standard InChI is InChI=1S/C24H28N4S/c1-26(22-13-7-11-19-10-5-6-12-21(19)22)17-28-24(29)27(23(25-28)20-14-15-20)16-18-8-3-2-4-9-18/h2-6,8-10,12,20,22H,7,11,13-17H2,1H3. The molecule has 0 N–H and O–H groups in total. The summed E-state index contributed by atoms with van der Waals surface area (Å²) in [6.07, 6.45) is 6.09. The lowest BCUT2D eigenvalue weighted by Gasteiger charge is -2.33. The Morgan fingerprint density at radius 3 is 2.59 bits per heavy atom. The molecule has 5 rings (SSSR count). The molecule has 2 aliphatic rings. The summed E-state index contributed by atoms with van der Waals surface area (Å²) in [5.41, 5.74) is 4.24. The highest BCUT2D eigenvalue weighted by atomic mass is 32.1. The van der Waals surface area contributed by atoms with Gasteiger partial charge in [-0.05, 0) is 68.1 Å². The third kappa shape index (κ3) is 3.81. The van der Waals surface area contributed by atoms with Crippen molar-refractivity contribution in [1.82, 2.24) is 19.2 Å². The fraction of sp³-hybridized carbons (Fsp3) is 0.417. The fourth-order valence-electron chi connectivity index (χ4n) is 4.60. The van der Waals surface area contributed by atoms with E-state index in [2.05, 4.69) is 71.1 Å². The van der Waals surface area contributed by atoms with Crippen LogP contribution in [0.25, 0.3) is 0 Å². The number of nitrogens with zero attached hydrogens (tertiary/aromatic N) is 4. The van der Waals surface area contributed by atoms with Crippen LogP contribution in [0.4, 0.5) is 0 Å². The van der Waals surface area contributed by atoms with Crippen LogP contribution in [0.3, 0.4) is 0 Å². The molecule has 1 saturated carbocycles. The molecular formula is C24H28N4S. The van der Waals surface area contributed by atoms with E-state index in [1.54, 1.807) is 0 Å². The van der Waals surface area contributed by atoms with Crippen molar-refractivity contribution in [2.75, 3.05) is 7.05 Å². The topological polar surface area (TPSA) is 26.0 Å². The summed E-state index contributed by atoms with van der Waals surface area (Å²) >= 11 is 5.89. The number of benzene rings is 2. The highest BCUT2D eigenvalue weighted by Gasteiger charge is 2.31. The van der Waals surface area contributed by atoms with Gasteiger partial charge in [-0.2, -0.15) is 5.10 Å². The Bertz CT molecular complexity index is 1050. The average Bonchev–Trinajstić information content (AvgIpc) is 3.56. The molecule has 4 nitrogen and oxygen atoms in total. The van der Waals surface area contributed by atoms with E-state index in [-0.39, 0.29) is 0 Å². The second kappa shape index (κ2) is 7.88. The Labute approximate surface area is 177 Å². The van der Waals surface area contributed by atoms with E-state index in [1.807, 2.05) is 4.68 Å². The Hall–Kier alpha value is -2.24. The zero-order chi connectivity index (χ0) is 19.8. The number of aryl methyl sites for hydroxylation is 1.